The van der Waals surface area contributed by atoms with Crippen LogP contribution in [0.15, 0.2) is 54.6 Å². The van der Waals surface area contributed by atoms with Crippen molar-refractivity contribution in [2.75, 3.05) is 13.7 Å². The zero-order chi connectivity index (χ0) is 13.5. The SMILES string of the molecule is COc1ccc(C(CN)CCc2ccccc2)cc1. The van der Waals surface area contributed by atoms with E-state index < -0.39 is 0 Å². The van der Waals surface area contributed by atoms with E-state index in [1.165, 1.54) is 11.1 Å². The van der Waals surface area contributed by atoms with Crippen molar-refractivity contribution in [1.29, 1.82) is 0 Å². The molecule has 0 aromatic heterocycles. The Hall–Kier alpha value is -1.80. The first-order valence-corrected chi connectivity index (χ1v) is 6.71. The number of hydrogen-bond acceptors (Lipinski definition) is 2. The molecule has 0 amide bonds. The molecule has 2 N–H and O–H groups in total. The van der Waals surface area contributed by atoms with Crippen LogP contribution in [0.25, 0.3) is 0 Å². The Balaban J connectivity index is 1.99. The van der Waals surface area contributed by atoms with Gasteiger partial charge in [-0.3, -0.25) is 0 Å². The average molecular weight is 255 g/mol. The summed E-state index contributed by atoms with van der Waals surface area (Å²) in [4.78, 5) is 0. The smallest absolute Gasteiger partial charge is 0.118 e. The van der Waals surface area contributed by atoms with Gasteiger partial charge in [-0.05, 0) is 48.6 Å². The van der Waals surface area contributed by atoms with Crippen LogP contribution in [-0.2, 0) is 6.42 Å². The van der Waals surface area contributed by atoms with Crippen LogP contribution in [0, 0.1) is 0 Å². The number of ether oxygens (including phenoxy) is 1. The summed E-state index contributed by atoms with van der Waals surface area (Å²) in [5, 5.41) is 0. The fourth-order valence-electron chi connectivity index (χ4n) is 2.28. The van der Waals surface area contributed by atoms with Gasteiger partial charge in [-0.15, -0.1) is 0 Å². The second-order valence-corrected chi connectivity index (χ2v) is 4.73. The molecular formula is C17H21NO. The van der Waals surface area contributed by atoms with Crippen molar-refractivity contribution < 1.29 is 4.74 Å². The van der Waals surface area contributed by atoms with Gasteiger partial charge in [0.05, 0.1) is 7.11 Å². The summed E-state index contributed by atoms with van der Waals surface area (Å²) < 4.78 is 5.18. The summed E-state index contributed by atoms with van der Waals surface area (Å²) in [6.07, 6.45) is 2.14. The fourth-order valence-corrected chi connectivity index (χ4v) is 2.28. The maximum atomic E-state index is 5.91. The quantitative estimate of drug-likeness (QED) is 0.859. The van der Waals surface area contributed by atoms with E-state index in [1.54, 1.807) is 7.11 Å². The highest BCUT2D eigenvalue weighted by Crippen LogP contribution is 2.23. The van der Waals surface area contributed by atoms with E-state index in [-0.39, 0.29) is 0 Å². The Kier molecular flexibility index (Phi) is 4.99. The Labute approximate surface area is 115 Å². The maximum absolute atomic E-state index is 5.91. The molecule has 19 heavy (non-hydrogen) atoms. The zero-order valence-corrected chi connectivity index (χ0v) is 11.4. The summed E-state index contributed by atoms with van der Waals surface area (Å²) >= 11 is 0. The summed E-state index contributed by atoms with van der Waals surface area (Å²) in [5.41, 5.74) is 8.57. The second kappa shape index (κ2) is 6.95. The van der Waals surface area contributed by atoms with Crippen LogP contribution in [0.3, 0.4) is 0 Å². The van der Waals surface area contributed by atoms with Gasteiger partial charge < -0.3 is 10.5 Å². The van der Waals surface area contributed by atoms with Crippen LogP contribution < -0.4 is 10.5 Å². The first kappa shape index (κ1) is 13.6. The minimum Gasteiger partial charge on any atom is -0.497 e. The maximum Gasteiger partial charge on any atom is 0.118 e. The van der Waals surface area contributed by atoms with Gasteiger partial charge in [-0.1, -0.05) is 42.5 Å². The minimum absolute atomic E-state index is 0.408. The van der Waals surface area contributed by atoms with Crippen LogP contribution in [0.1, 0.15) is 23.5 Å². The third kappa shape index (κ3) is 3.83. The highest BCUT2D eigenvalue weighted by Gasteiger charge is 2.09. The second-order valence-electron chi connectivity index (χ2n) is 4.73. The van der Waals surface area contributed by atoms with Crippen LogP contribution in [-0.4, -0.2) is 13.7 Å². The lowest BCUT2D eigenvalue weighted by molar-refractivity contribution is 0.414. The minimum atomic E-state index is 0.408. The largest absolute Gasteiger partial charge is 0.497 e. The van der Waals surface area contributed by atoms with E-state index >= 15 is 0 Å². The van der Waals surface area contributed by atoms with Crippen LogP contribution in [0.5, 0.6) is 5.75 Å². The summed E-state index contributed by atoms with van der Waals surface area (Å²) in [7, 11) is 1.69. The first-order chi connectivity index (χ1) is 9.33. The molecule has 0 radical (unpaired) electrons. The number of aryl methyl sites for hydroxylation is 1. The lowest BCUT2D eigenvalue weighted by Gasteiger charge is -2.15. The average Bonchev–Trinajstić information content (AvgIpc) is 2.49. The lowest BCUT2D eigenvalue weighted by Crippen LogP contribution is -2.13. The highest BCUT2D eigenvalue weighted by atomic mass is 16.5. The highest BCUT2D eigenvalue weighted by molar-refractivity contribution is 5.29. The van der Waals surface area contributed by atoms with Crippen LogP contribution >= 0.6 is 0 Å². The van der Waals surface area contributed by atoms with E-state index in [0.29, 0.717) is 12.5 Å². The Morgan fingerprint density at radius 2 is 1.68 bits per heavy atom. The molecule has 100 valence electrons. The van der Waals surface area contributed by atoms with Gasteiger partial charge in [0, 0.05) is 0 Å². The van der Waals surface area contributed by atoms with Crippen LogP contribution in [0.4, 0.5) is 0 Å². The van der Waals surface area contributed by atoms with E-state index in [2.05, 4.69) is 36.4 Å². The molecule has 0 aliphatic rings. The molecular weight excluding hydrogens is 234 g/mol. The van der Waals surface area contributed by atoms with E-state index in [1.807, 2.05) is 18.2 Å². The van der Waals surface area contributed by atoms with Crippen molar-refractivity contribution in [1.82, 2.24) is 0 Å². The van der Waals surface area contributed by atoms with Crippen molar-refractivity contribution >= 4 is 0 Å². The lowest BCUT2D eigenvalue weighted by atomic mass is 9.92. The summed E-state index contributed by atoms with van der Waals surface area (Å²) in [5.74, 6) is 1.30. The summed E-state index contributed by atoms with van der Waals surface area (Å²) in [6.45, 7) is 0.680. The molecule has 0 aliphatic carbocycles. The molecule has 1 atom stereocenters. The fraction of sp³-hybridized carbons (Fsp3) is 0.294. The molecule has 1 unspecified atom stereocenters. The van der Waals surface area contributed by atoms with Gasteiger partial charge in [0.1, 0.15) is 5.75 Å². The number of rotatable bonds is 6. The number of nitrogens with two attached hydrogens (primary N) is 1. The third-order valence-electron chi connectivity index (χ3n) is 3.50. The van der Waals surface area contributed by atoms with Gasteiger partial charge in [0.25, 0.3) is 0 Å². The van der Waals surface area contributed by atoms with Crippen molar-refractivity contribution in [3.05, 3.63) is 65.7 Å². The number of hydrogen-bond donors (Lipinski definition) is 1. The topological polar surface area (TPSA) is 35.2 Å². The van der Waals surface area contributed by atoms with Gasteiger partial charge in [-0.2, -0.15) is 0 Å². The molecule has 0 heterocycles. The number of methoxy groups -OCH3 is 1. The Morgan fingerprint density at radius 3 is 2.26 bits per heavy atom. The van der Waals surface area contributed by atoms with Gasteiger partial charge in [-0.25, -0.2) is 0 Å². The normalized spacial score (nSPS) is 12.1. The predicted octanol–water partition coefficient (Wildman–Crippen LogP) is 3.37. The number of benzene rings is 2. The molecule has 0 aliphatic heterocycles. The van der Waals surface area contributed by atoms with E-state index in [4.69, 9.17) is 10.5 Å². The van der Waals surface area contributed by atoms with E-state index in [0.717, 1.165) is 18.6 Å². The Morgan fingerprint density at radius 1 is 1.00 bits per heavy atom. The van der Waals surface area contributed by atoms with E-state index in [9.17, 15) is 0 Å². The molecule has 0 saturated carbocycles. The van der Waals surface area contributed by atoms with Crippen molar-refractivity contribution in [3.63, 3.8) is 0 Å². The molecule has 0 fully saturated rings. The predicted molar refractivity (Wildman–Crippen MR) is 79.6 cm³/mol. The van der Waals surface area contributed by atoms with Crippen molar-refractivity contribution in [2.45, 2.75) is 18.8 Å². The molecule has 2 heteroatoms. The van der Waals surface area contributed by atoms with Crippen molar-refractivity contribution in [2.24, 2.45) is 5.73 Å². The zero-order valence-electron chi connectivity index (χ0n) is 11.4. The standard InChI is InChI=1S/C17H21NO/c1-19-17-11-9-15(10-12-17)16(13-18)8-7-14-5-3-2-4-6-14/h2-6,9-12,16H,7-8,13,18H2,1H3. The van der Waals surface area contributed by atoms with Crippen molar-refractivity contribution in [3.8, 4) is 5.75 Å². The molecule has 0 spiro atoms. The Bertz CT molecular complexity index is 478. The summed E-state index contributed by atoms with van der Waals surface area (Å²) in [6, 6.07) is 18.8. The van der Waals surface area contributed by atoms with Crippen LogP contribution in [0.2, 0.25) is 0 Å². The monoisotopic (exact) mass is 255 g/mol. The first-order valence-electron chi connectivity index (χ1n) is 6.71. The molecule has 2 nitrogen and oxygen atoms in total. The third-order valence-corrected chi connectivity index (χ3v) is 3.50. The molecule has 2 rings (SSSR count). The molecule has 2 aromatic rings. The molecule has 2 aromatic carbocycles. The molecule has 0 bridgehead atoms. The van der Waals surface area contributed by atoms with Gasteiger partial charge in [0.2, 0.25) is 0 Å². The van der Waals surface area contributed by atoms with Gasteiger partial charge in [0.15, 0.2) is 0 Å². The molecule has 0 saturated heterocycles. The van der Waals surface area contributed by atoms with Gasteiger partial charge >= 0.3 is 0 Å².